The van der Waals surface area contributed by atoms with Gasteiger partial charge in [-0.25, -0.2) is 17.5 Å². The molecule has 0 unspecified atom stereocenters. The van der Waals surface area contributed by atoms with E-state index in [1.807, 2.05) is 6.92 Å². The highest BCUT2D eigenvalue weighted by Gasteiger charge is 2.41. The zero-order valence-electron chi connectivity index (χ0n) is 11.4. The maximum absolute atomic E-state index is 13.8. The molecule has 19 heavy (non-hydrogen) atoms. The molecule has 2 N–H and O–H groups in total. The molecule has 1 aromatic carbocycles. The predicted molar refractivity (Wildman–Crippen MR) is 71.9 cm³/mol. The Labute approximate surface area is 113 Å². The molecule has 0 amide bonds. The van der Waals surface area contributed by atoms with E-state index in [4.69, 9.17) is 0 Å². The van der Waals surface area contributed by atoms with Gasteiger partial charge in [-0.3, -0.25) is 0 Å². The van der Waals surface area contributed by atoms with E-state index in [2.05, 4.69) is 10.0 Å². The van der Waals surface area contributed by atoms with Crippen LogP contribution in [0.3, 0.4) is 0 Å². The minimum absolute atomic E-state index is 0.0332. The third-order valence-corrected chi connectivity index (χ3v) is 5.17. The van der Waals surface area contributed by atoms with Gasteiger partial charge in [0, 0.05) is 17.6 Å². The Kier molecular flexibility index (Phi) is 3.68. The highest BCUT2D eigenvalue weighted by Crippen LogP contribution is 2.36. The van der Waals surface area contributed by atoms with E-state index < -0.39 is 15.8 Å². The third-order valence-electron chi connectivity index (χ3n) is 3.41. The van der Waals surface area contributed by atoms with Gasteiger partial charge in [-0.2, -0.15) is 0 Å². The van der Waals surface area contributed by atoms with Crippen molar-refractivity contribution in [1.29, 1.82) is 0 Å². The summed E-state index contributed by atoms with van der Waals surface area (Å²) in [4.78, 5) is 0.0332. The largest absolute Gasteiger partial charge is 0.316 e. The maximum atomic E-state index is 13.8. The lowest BCUT2D eigenvalue weighted by atomic mass is 10.1. The van der Waals surface area contributed by atoms with Gasteiger partial charge in [-0.05, 0) is 51.4 Å². The summed E-state index contributed by atoms with van der Waals surface area (Å²) in [6.07, 6.45) is 1.65. The molecule has 1 aliphatic rings. The second-order valence-corrected chi connectivity index (χ2v) is 7.05. The second kappa shape index (κ2) is 4.85. The Balaban J connectivity index is 2.42. The summed E-state index contributed by atoms with van der Waals surface area (Å²) in [6.45, 7) is 3.77. The van der Waals surface area contributed by atoms with Crippen molar-refractivity contribution in [2.75, 3.05) is 7.05 Å². The Morgan fingerprint density at radius 3 is 2.53 bits per heavy atom. The fourth-order valence-electron chi connectivity index (χ4n) is 1.96. The molecule has 0 aliphatic heterocycles. The predicted octanol–water partition coefficient (Wildman–Crippen LogP) is 1.68. The van der Waals surface area contributed by atoms with Crippen LogP contribution in [0.15, 0.2) is 17.0 Å². The van der Waals surface area contributed by atoms with Crippen LogP contribution in [0.2, 0.25) is 0 Å². The molecule has 0 aromatic heterocycles. The van der Waals surface area contributed by atoms with Gasteiger partial charge in [0.25, 0.3) is 0 Å². The summed E-state index contributed by atoms with van der Waals surface area (Å²) in [7, 11) is -1.94. The van der Waals surface area contributed by atoms with Crippen molar-refractivity contribution in [3.63, 3.8) is 0 Å². The van der Waals surface area contributed by atoms with E-state index >= 15 is 0 Å². The first-order chi connectivity index (χ1) is 8.77. The number of nitrogens with one attached hydrogen (secondary N) is 2. The SMILES string of the molecule is CNCc1cc(F)c(C)c(S(=O)(=O)NC2(C)CC2)c1. The van der Waals surface area contributed by atoms with Crippen molar-refractivity contribution >= 4 is 10.0 Å². The summed E-state index contributed by atoms with van der Waals surface area (Å²) in [5, 5.41) is 2.89. The lowest BCUT2D eigenvalue weighted by Gasteiger charge is -2.15. The van der Waals surface area contributed by atoms with Crippen LogP contribution in [0.25, 0.3) is 0 Å². The summed E-state index contributed by atoms with van der Waals surface area (Å²) in [5.74, 6) is -0.492. The van der Waals surface area contributed by atoms with Gasteiger partial charge in [0.05, 0.1) is 4.90 Å². The van der Waals surface area contributed by atoms with E-state index in [0.29, 0.717) is 12.1 Å². The molecule has 2 rings (SSSR count). The minimum atomic E-state index is -3.67. The van der Waals surface area contributed by atoms with Gasteiger partial charge in [-0.1, -0.05) is 0 Å². The Hall–Kier alpha value is -0.980. The first-order valence-electron chi connectivity index (χ1n) is 6.25. The maximum Gasteiger partial charge on any atom is 0.241 e. The molecule has 0 radical (unpaired) electrons. The summed E-state index contributed by atoms with van der Waals surface area (Å²) in [6, 6.07) is 2.90. The smallest absolute Gasteiger partial charge is 0.241 e. The van der Waals surface area contributed by atoms with Gasteiger partial charge < -0.3 is 5.32 Å². The van der Waals surface area contributed by atoms with E-state index in [9.17, 15) is 12.8 Å². The van der Waals surface area contributed by atoms with E-state index in [0.717, 1.165) is 12.8 Å². The van der Waals surface area contributed by atoms with Crippen molar-refractivity contribution in [2.24, 2.45) is 0 Å². The van der Waals surface area contributed by atoms with Gasteiger partial charge in [-0.15, -0.1) is 0 Å². The van der Waals surface area contributed by atoms with Gasteiger partial charge in [0.1, 0.15) is 5.82 Å². The fraction of sp³-hybridized carbons (Fsp3) is 0.538. The molecular weight excluding hydrogens is 267 g/mol. The van der Waals surface area contributed by atoms with Crippen LogP contribution in [0, 0.1) is 12.7 Å². The van der Waals surface area contributed by atoms with Crippen LogP contribution in [-0.4, -0.2) is 21.0 Å². The molecule has 0 atom stereocenters. The number of hydrogen-bond acceptors (Lipinski definition) is 3. The van der Waals surface area contributed by atoms with Crippen LogP contribution in [-0.2, 0) is 16.6 Å². The van der Waals surface area contributed by atoms with Crippen LogP contribution in [0.1, 0.15) is 30.9 Å². The number of halogens is 1. The van der Waals surface area contributed by atoms with Crippen molar-refractivity contribution in [2.45, 2.75) is 43.7 Å². The molecule has 106 valence electrons. The topological polar surface area (TPSA) is 58.2 Å². The highest BCUT2D eigenvalue weighted by molar-refractivity contribution is 7.89. The average molecular weight is 286 g/mol. The van der Waals surface area contributed by atoms with Crippen molar-refractivity contribution in [1.82, 2.24) is 10.0 Å². The van der Waals surface area contributed by atoms with Crippen molar-refractivity contribution in [3.05, 3.63) is 29.1 Å². The molecule has 0 saturated heterocycles. The monoisotopic (exact) mass is 286 g/mol. The van der Waals surface area contributed by atoms with Gasteiger partial charge in [0.15, 0.2) is 0 Å². The zero-order valence-corrected chi connectivity index (χ0v) is 12.2. The fourth-order valence-corrected chi connectivity index (χ4v) is 3.73. The molecule has 0 bridgehead atoms. The second-order valence-electron chi connectivity index (χ2n) is 5.40. The molecule has 6 heteroatoms. The summed E-state index contributed by atoms with van der Waals surface area (Å²) >= 11 is 0. The van der Waals surface area contributed by atoms with E-state index in [1.54, 1.807) is 7.05 Å². The quantitative estimate of drug-likeness (QED) is 0.866. The first kappa shape index (κ1) is 14.4. The Bertz CT molecular complexity index is 595. The molecule has 1 saturated carbocycles. The van der Waals surface area contributed by atoms with Crippen LogP contribution in [0.4, 0.5) is 4.39 Å². The number of hydrogen-bond donors (Lipinski definition) is 2. The number of sulfonamides is 1. The average Bonchev–Trinajstić information content (AvgIpc) is 3.00. The van der Waals surface area contributed by atoms with Gasteiger partial charge >= 0.3 is 0 Å². The summed E-state index contributed by atoms with van der Waals surface area (Å²) in [5.41, 5.74) is 0.421. The number of rotatable bonds is 5. The van der Waals surface area contributed by atoms with E-state index in [1.165, 1.54) is 19.1 Å². The highest BCUT2D eigenvalue weighted by atomic mass is 32.2. The molecule has 0 heterocycles. The molecular formula is C13H19FN2O2S. The third kappa shape index (κ3) is 3.13. The Morgan fingerprint density at radius 2 is 2.00 bits per heavy atom. The molecule has 1 aromatic rings. The lowest BCUT2D eigenvalue weighted by Crippen LogP contribution is -2.34. The zero-order chi connectivity index (χ0) is 14.3. The van der Waals surface area contributed by atoms with E-state index in [-0.39, 0.29) is 16.0 Å². The van der Waals surface area contributed by atoms with Crippen molar-refractivity contribution < 1.29 is 12.8 Å². The first-order valence-corrected chi connectivity index (χ1v) is 7.73. The Morgan fingerprint density at radius 1 is 1.37 bits per heavy atom. The molecule has 0 spiro atoms. The number of benzene rings is 1. The summed E-state index contributed by atoms with van der Waals surface area (Å²) < 4.78 is 41.1. The van der Waals surface area contributed by atoms with Crippen LogP contribution < -0.4 is 10.0 Å². The molecule has 1 fully saturated rings. The molecule has 1 aliphatic carbocycles. The standard InChI is InChI=1S/C13H19FN2O2S/c1-9-11(14)6-10(8-15-3)7-12(9)19(17,18)16-13(2)4-5-13/h6-7,15-16H,4-5,8H2,1-3H3. The van der Waals surface area contributed by atoms with Gasteiger partial charge in [0.2, 0.25) is 10.0 Å². The lowest BCUT2D eigenvalue weighted by molar-refractivity contribution is 0.553. The van der Waals surface area contributed by atoms with Crippen LogP contribution >= 0.6 is 0 Å². The van der Waals surface area contributed by atoms with Crippen LogP contribution in [0.5, 0.6) is 0 Å². The van der Waals surface area contributed by atoms with Crippen molar-refractivity contribution in [3.8, 4) is 0 Å². The normalized spacial score (nSPS) is 17.5. The molecule has 4 nitrogen and oxygen atoms in total. The minimum Gasteiger partial charge on any atom is -0.316 e.